The topological polar surface area (TPSA) is 58.4 Å². The number of piperidine rings is 1. The molecule has 3 saturated heterocycles. The van der Waals surface area contributed by atoms with Crippen LogP contribution in [-0.2, 0) is 0 Å². The first-order chi connectivity index (χ1) is 10.3. The number of nitrogens with zero attached hydrogens (tertiary/aromatic N) is 2. The van der Waals surface area contributed by atoms with Gasteiger partial charge in [0.1, 0.15) is 0 Å². The number of piperazine rings is 1. The number of carbonyl (C=O) groups is 1. The van der Waals surface area contributed by atoms with Crippen LogP contribution in [0.4, 0.5) is 0 Å². The first-order valence-corrected chi connectivity index (χ1v) is 7.70. The van der Waals surface area contributed by atoms with E-state index in [0.29, 0.717) is 29.3 Å². The Hall–Kier alpha value is -1.72. The van der Waals surface area contributed by atoms with Crippen LogP contribution in [0.2, 0.25) is 0 Å². The summed E-state index contributed by atoms with van der Waals surface area (Å²) in [6, 6.07) is 8.39. The molecule has 3 fully saturated rings. The number of fused-ring (bicyclic) bond motifs is 3. The molecule has 3 aliphatic heterocycles. The summed E-state index contributed by atoms with van der Waals surface area (Å²) in [4.78, 5) is 15.4. The van der Waals surface area contributed by atoms with Gasteiger partial charge in [-0.25, -0.2) is 0 Å². The van der Waals surface area contributed by atoms with E-state index in [-0.39, 0.29) is 11.8 Å². The number of ketones is 1. The number of nitrogens with one attached hydrogen (secondary N) is 1. The minimum atomic E-state index is -0.0731. The Labute approximate surface area is 122 Å². The molecule has 5 rings (SSSR count). The molecule has 5 nitrogen and oxygen atoms in total. The highest BCUT2D eigenvalue weighted by molar-refractivity contribution is 6.08. The average molecular weight is 283 g/mol. The minimum absolute atomic E-state index is 0.0731. The van der Waals surface area contributed by atoms with Crippen molar-refractivity contribution in [3.8, 4) is 0 Å². The zero-order valence-electron chi connectivity index (χ0n) is 11.7. The summed E-state index contributed by atoms with van der Waals surface area (Å²) in [5, 5.41) is 8.53. The second kappa shape index (κ2) is 4.15. The average Bonchev–Trinajstić information content (AvgIpc) is 3.01. The van der Waals surface area contributed by atoms with Crippen LogP contribution in [0.3, 0.4) is 0 Å². The van der Waals surface area contributed by atoms with Gasteiger partial charge >= 0.3 is 0 Å². The van der Waals surface area contributed by atoms with Gasteiger partial charge in [0, 0.05) is 18.6 Å². The van der Waals surface area contributed by atoms with Crippen molar-refractivity contribution < 1.29 is 9.32 Å². The summed E-state index contributed by atoms with van der Waals surface area (Å²) < 4.78 is 5.31. The predicted molar refractivity (Wildman–Crippen MR) is 77.1 cm³/mol. The minimum Gasteiger partial charge on any atom is -0.356 e. The van der Waals surface area contributed by atoms with Crippen LogP contribution in [0.1, 0.15) is 23.3 Å². The first-order valence-electron chi connectivity index (χ1n) is 7.70. The van der Waals surface area contributed by atoms with Gasteiger partial charge in [-0.05, 0) is 37.4 Å². The number of aromatic nitrogens is 1. The number of para-hydroxylation sites is 1. The monoisotopic (exact) mass is 283 g/mol. The summed E-state index contributed by atoms with van der Waals surface area (Å²) in [6.07, 6.45) is 2.42. The number of Topliss-reactive ketones (excluding diaryl/α,β-unsaturated/α-hetero) is 1. The molecular formula is C16H17N3O2. The Morgan fingerprint density at radius 2 is 2.29 bits per heavy atom. The van der Waals surface area contributed by atoms with E-state index in [2.05, 4.69) is 15.4 Å². The fourth-order valence-electron chi connectivity index (χ4n) is 4.48. The molecular weight excluding hydrogens is 266 g/mol. The Morgan fingerprint density at radius 1 is 1.38 bits per heavy atom. The summed E-state index contributed by atoms with van der Waals surface area (Å²) in [7, 11) is 0. The highest BCUT2D eigenvalue weighted by Gasteiger charge is 2.52. The van der Waals surface area contributed by atoms with Crippen LogP contribution >= 0.6 is 0 Å². The molecule has 4 heterocycles. The van der Waals surface area contributed by atoms with Gasteiger partial charge in [-0.1, -0.05) is 17.3 Å². The van der Waals surface area contributed by atoms with Crippen LogP contribution < -0.4 is 5.32 Å². The number of hydrogen-bond donors (Lipinski definition) is 1. The molecule has 3 aliphatic rings. The smallest absolute Gasteiger partial charge is 0.204 e. The summed E-state index contributed by atoms with van der Waals surface area (Å²) in [5.41, 5.74) is 1.18. The molecule has 0 aliphatic carbocycles. The molecule has 2 unspecified atom stereocenters. The second-order valence-corrected chi connectivity index (χ2v) is 6.51. The SMILES string of the molecule is O=C(c1noc2ccccc12)C1[C@H]2N[C@H]3C[C@H]2CCN1C3. The number of carbonyl (C=O) groups excluding carboxylic acids is 1. The number of benzene rings is 1. The molecule has 5 atom stereocenters. The van der Waals surface area contributed by atoms with Gasteiger partial charge in [-0.15, -0.1) is 0 Å². The molecule has 108 valence electrons. The van der Waals surface area contributed by atoms with Gasteiger partial charge < -0.3 is 9.84 Å². The normalized spacial score (nSPS) is 37.2. The van der Waals surface area contributed by atoms with E-state index in [1.165, 1.54) is 12.8 Å². The fraction of sp³-hybridized carbons (Fsp3) is 0.500. The third-order valence-corrected chi connectivity index (χ3v) is 5.38. The van der Waals surface area contributed by atoms with Crippen LogP contribution in [0, 0.1) is 5.92 Å². The van der Waals surface area contributed by atoms with Crippen LogP contribution in [0.5, 0.6) is 0 Å². The lowest BCUT2D eigenvalue weighted by Gasteiger charge is -2.44. The Kier molecular flexibility index (Phi) is 2.35. The van der Waals surface area contributed by atoms with Gasteiger partial charge in [0.2, 0.25) is 5.78 Å². The molecule has 0 spiro atoms. The summed E-state index contributed by atoms with van der Waals surface area (Å²) in [6.45, 7) is 2.02. The molecule has 0 amide bonds. The molecule has 1 aromatic heterocycles. The molecule has 2 aromatic rings. The maximum Gasteiger partial charge on any atom is 0.204 e. The van der Waals surface area contributed by atoms with Gasteiger partial charge in [0.05, 0.1) is 11.4 Å². The third-order valence-electron chi connectivity index (χ3n) is 5.38. The zero-order valence-corrected chi connectivity index (χ0v) is 11.7. The fourth-order valence-corrected chi connectivity index (χ4v) is 4.48. The van der Waals surface area contributed by atoms with E-state index in [1.807, 2.05) is 24.3 Å². The highest BCUT2D eigenvalue weighted by atomic mass is 16.5. The van der Waals surface area contributed by atoms with Crippen molar-refractivity contribution >= 4 is 16.8 Å². The van der Waals surface area contributed by atoms with E-state index in [1.54, 1.807) is 0 Å². The molecule has 1 N–H and O–H groups in total. The zero-order chi connectivity index (χ0) is 14.0. The second-order valence-electron chi connectivity index (χ2n) is 6.51. The van der Waals surface area contributed by atoms with E-state index in [0.717, 1.165) is 18.5 Å². The largest absolute Gasteiger partial charge is 0.356 e. The van der Waals surface area contributed by atoms with E-state index >= 15 is 0 Å². The van der Waals surface area contributed by atoms with Crippen molar-refractivity contribution in [2.45, 2.75) is 31.0 Å². The van der Waals surface area contributed by atoms with Crippen molar-refractivity contribution in [1.82, 2.24) is 15.4 Å². The lowest BCUT2D eigenvalue weighted by atomic mass is 9.84. The lowest BCUT2D eigenvalue weighted by molar-refractivity contribution is 0.0511. The van der Waals surface area contributed by atoms with Gasteiger partial charge in [-0.3, -0.25) is 9.69 Å². The maximum absolute atomic E-state index is 13.0. The van der Waals surface area contributed by atoms with Crippen LogP contribution in [0.25, 0.3) is 11.0 Å². The highest BCUT2D eigenvalue weighted by Crippen LogP contribution is 2.39. The molecule has 3 bridgehead atoms. The van der Waals surface area contributed by atoms with Crippen molar-refractivity contribution in [1.29, 1.82) is 0 Å². The quantitative estimate of drug-likeness (QED) is 0.845. The van der Waals surface area contributed by atoms with Crippen LogP contribution in [0.15, 0.2) is 28.8 Å². The lowest BCUT2D eigenvalue weighted by Crippen LogP contribution is -2.64. The first kappa shape index (κ1) is 11.9. The molecule has 5 heteroatoms. The van der Waals surface area contributed by atoms with Gasteiger partial charge in [0.15, 0.2) is 11.3 Å². The van der Waals surface area contributed by atoms with Crippen molar-refractivity contribution in [3.63, 3.8) is 0 Å². The van der Waals surface area contributed by atoms with E-state index in [4.69, 9.17) is 4.52 Å². The van der Waals surface area contributed by atoms with Crippen molar-refractivity contribution in [2.24, 2.45) is 5.92 Å². The van der Waals surface area contributed by atoms with Crippen molar-refractivity contribution in [2.75, 3.05) is 13.1 Å². The predicted octanol–water partition coefficient (Wildman–Crippen LogP) is 1.45. The van der Waals surface area contributed by atoms with Crippen LogP contribution in [-0.4, -0.2) is 47.1 Å². The van der Waals surface area contributed by atoms with E-state index in [9.17, 15) is 4.79 Å². The Morgan fingerprint density at radius 3 is 3.24 bits per heavy atom. The standard InChI is InChI=1S/C16H17N3O2/c20-16(14-11-3-1-2-4-12(11)21-18-14)15-13-9-5-6-19(15)8-10(7-9)17-13/h1-4,9-10,13,15,17H,5-8H2/t9-,10+,13+,15?/m1/s1. The third kappa shape index (κ3) is 1.59. The molecule has 21 heavy (non-hydrogen) atoms. The number of rotatable bonds is 2. The molecule has 0 radical (unpaired) electrons. The summed E-state index contributed by atoms with van der Waals surface area (Å²) in [5.74, 6) is 0.753. The Bertz CT molecular complexity index is 725. The maximum atomic E-state index is 13.0. The van der Waals surface area contributed by atoms with E-state index < -0.39 is 0 Å². The number of hydrogen-bond acceptors (Lipinski definition) is 5. The molecule has 0 saturated carbocycles. The van der Waals surface area contributed by atoms with Gasteiger partial charge in [-0.2, -0.15) is 0 Å². The Balaban J connectivity index is 1.57. The summed E-state index contributed by atoms with van der Waals surface area (Å²) >= 11 is 0. The molecule has 1 aromatic carbocycles. The van der Waals surface area contributed by atoms with Crippen molar-refractivity contribution in [3.05, 3.63) is 30.0 Å². The van der Waals surface area contributed by atoms with Gasteiger partial charge in [0.25, 0.3) is 0 Å².